The van der Waals surface area contributed by atoms with Crippen molar-refractivity contribution in [1.29, 1.82) is 0 Å². The van der Waals surface area contributed by atoms with Gasteiger partial charge in [-0.2, -0.15) is 0 Å². The smallest absolute Gasteiger partial charge is 0.238 e. The zero-order chi connectivity index (χ0) is 14.0. The molecule has 18 heavy (non-hydrogen) atoms. The van der Waals surface area contributed by atoms with Crippen molar-refractivity contribution in [2.24, 2.45) is 16.5 Å². The summed E-state index contributed by atoms with van der Waals surface area (Å²) in [6.07, 6.45) is 0.586. The summed E-state index contributed by atoms with van der Waals surface area (Å²) >= 11 is 0. The van der Waals surface area contributed by atoms with Gasteiger partial charge in [0.15, 0.2) is 0 Å². The van der Waals surface area contributed by atoms with Crippen molar-refractivity contribution in [3.8, 4) is 0 Å². The van der Waals surface area contributed by atoms with E-state index < -0.39 is 10.0 Å². The first-order chi connectivity index (χ1) is 8.22. The fourth-order valence-corrected chi connectivity index (χ4v) is 2.25. The third kappa shape index (κ3) is 3.29. The van der Waals surface area contributed by atoms with E-state index in [1.165, 1.54) is 12.1 Å². The van der Waals surface area contributed by atoms with Crippen LogP contribution in [-0.2, 0) is 14.9 Å². The minimum atomic E-state index is -3.67. The summed E-state index contributed by atoms with van der Waals surface area (Å²) in [6, 6.07) is 6.27. The zero-order valence-corrected chi connectivity index (χ0v) is 11.7. The molecule has 0 aliphatic carbocycles. The molecule has 4 N–H and O–H groups in total. The Balaban J connectivity index is 3.11. The lowest BCUT2D eigenvalue weighted by Crippen LogP contribution is -2.26. The number of primary sulfonamides is 1. The highest BCUT2D eigenvalue weighted by Gasteiger charge is 2.30. The highest BCUT2D eigenvalue weighted by atomic mass is 32.2. The second-order valence-corrected chi connectivity index (χ2v) is 6.53. The summed E-state index contributed by atoms with van der Waals surface area (Å²) in [5, 5.41) is 5.04. The number of nitrogens with two attached hydrogens (primary N) is 2. The second kappa shape index (κ2) is 5.36. The van der Waals surface area contributed by atoms with Crippen molar-refractivity contribution in [2.75, 3.05) is 0 Å². The van der Waals surface area contributed by atoms with E-state index in [-0.39, 0.29) is 16.4 Å². The number of rotatable bonds is 5. The highest BCUT2D eigenvalue weighted by Crippen LogP contribution is 2.38. The molecule has 0 radical (unpaired) electrons. The van der Waals surface area contributed by atoms with Gasteiger partial charge in [-0.1, -0.05) is 32.9 Å². The first-order valence-electron chi connectivity index (χ1n) is 5.70. The van der Waals surface area contributed by atoms with Crippen LogP contribution in [0.4, 0.5) is 0 Å². The van der Waals surface area contributed by atoms with Gasteiger partial charge in [-0.3, -0.25) is 4.84 Å². The lowest BCUT2D eigenvalue weighted by atomic mass is 9.80. The lowest BCUT2D eigenvalue weighted by molar-refractivity contribution is -0.0316. The van der Waals surface area contributed by atoms with Crippen molar-refractivity contribution >= 4 is 10.0 Å². The van der Waals surface area contributed by atoms with E-state index in [1.54, 1.807) is 12.1 Å². The molecule has 0 aliphatic heterocycles. The van der Waals surface area contributed by atoms with Gasteiger partial charge < -0.3 is 0 Å². The average molecular weight is 272 g/mol. The molecule has 5 nitrogen and oxygen atoms in total. The highest BCUT2D eigenvalue weighted by molar-refractivity contribution is 7.89. The van der Waals surface area contributed by atoms with Gasteiger partial charge in [-0.25, -0.2) is 19.5 Å². The van der Waals surface area contributed by atoms with E-state index in [1.807, 2.05) is 20.8 Å². The second-order valence-electron chi connectivity index (χ2n) is 4.97. The van der Waals surface area contributed by atoms with Gasteiger partial charge >= 0.3 is 0 Å². The summed E-state index contributed by atoms with van der Waals surface area (Å²) in [6.45, 7) is 6.13. The van der Waals surface area contributed by atoms with Gasteiger partial charge in [-0.15, -0.1) is 0 Å². The molecule has 0 heterocycles. The van der Waals surface area contributed by atoms with Gasteiger partial charge in [0, 0.05) is 0 Å². The summed E-state index contributed by atoms with van der Waals surface area (Å²) in [4.78, 5) is 5.12. The van der Waals surface area contributed by atoms with Crippen LogP contribution in [0.15, 0.2) is 29.2 Å². The molecule has 1 aromatic rings. The summed E-state index contributed by atoms with van der Waals surface area (Å²) in [5.41, 5.74) is 0.689. The molecular formula is C12H20N2O3S. The van der Waals surface area contributed by atoms with Crippen LogP contribution in [-0.4, -0.2) is 8.42 Å². The molecular weight excluding hydrogens is 252 g/mol. The standard InChI is InChI=1S/C12H20N2O3S/c1-4-12(2,3)11(17-13)9-5-7-10(8-6-9)18(14,15)16/h5-8,11H,4,13H2,1-3H3,(H2,14,15,16). The van der Waals surface area contributed by atoms with Gasteiger partial charge in [0.25, 0.3) is 0 Å². The lowest BCUT2D eigenvalue weighted by Gasteiger charge is -2.31. The first-order valence-corrected chi connectivity index (χ1v) is 7.25. The topological polar surface area (TPSA) is 95.4 Å². The number of sulfonamides is 1. The summed E-state index contributed by atoms with van der Waals surface area (Å²) in [7, 11) is -3.67. The molecule has 0 aromatic heterocycles. The Morgan fingerprint density at radius 1 is 1.28 bits per heavy atom. The van der Waals surface area contributed by atoms with E-state index >= 15 is 0 Å². The molecule has 1 aromatic carbocycles. The summed E-state index contributed by atoms with van der Waals surface area (Å²) < 4.78 is 22.3. The largest absolute Gasteiger partial charge is 0.296 e. The number of hydrogen-bond donors (Lipinski definition) is 2. The fraction of sp³-hybridized carbons (Fsp3) is 0.500. The molecule has 1 unspecified atom stereocenters. The first kappa shape index (κ1) is 15.1. The van der Waals surface area contributed by atoms with Crippen LogP contribution in [0.5, 0.6) is 0 Å². The Kier molecular flexibility index (Phi) is 4.50. The fourth-order valence-electron chi connectivity index (χ4n) is 1.73. The van der Waals surface area contributed by atoms with Crippen molar-refractivity contribution in [2.45, 2.75) is 38.2 Å². The quantitative estimate of drug-likeness (QED) is 0.797. The van der Waals surface area contributed by atoms with Crippen LogP contribution in [0.2, 0.25) is 0 Å². The molecule has 0 saturated heterocycles. The van der Waals surface area contributed by atoms with Crippen LogP contribution in [0.1, 0.15) is 38.9 Å². The molecule has 0 amide bonds. The van der Waals surface area contributed by atoms with Crippen molar-refractivity contribution in [3.05, 3.63) is 29.8 Å². The maximum atomic E-state index is 11.2. The van der Waals surface area contributed by atoms with Crippen LogP contribution in [0.3, 0.4) is 0 Å². The van der Waals surface area contributed by atoms with Crippen molar-refractivity contribution < 1.29 is 13.3 Å². The minimum absolute atomic E-state index is 0.0799. The predicted molar refractivity (Wildman–Crippen MR) is 69.9 cm³/mol. The van der Waals surface area contributed by atoms with E-state index in [2.05, 4.69) is 0 Å². The maximum absolute atomic E-state index is 11.2. The SMILES string of the molecule is CCC(C)(C)C(ON)c1ccc(S(N)(=O)=O)cc1. The van der Waals surface area contributed by atoms with Gasteiger partial charge in [0.2, 0.25) is 10.0 Å². The summed E-state index contributed by atoms with van der Waals surface area (Å²) in [5.74, 6) is 5.35. The van der Waals surface area contributed by atoms with Gasteiger partial charge in [0.1, 0.15) is 6.10 Å². The van der Waals surface area contributed by atoms with Crippen molar-refractivity contribution in [3.63, 3.8) is 0 Å². The third-order valence-corrected chi connectivity index (χ3v) is 4.20. The maximum Gasteiger partial charge on any atom is 0.238 e. The van der Waals surface area contributed by atoms with E-state index in [0.717, 1.165) is 12.0 Å². The Morgan fingerprint density at radius 2 is 1.78 bits per heavy atom. The van der Waals surface area contributed by atoms with Crippen LogP contribution >= 0.6 is 0 Å². The zero-order valence-electron chi connectivity index (χ0n) is 10.9. The Morgan fingerprint density at radius 3 is 2.11 bits per heavy atom. The molecule has 102 valence electrons. The third-order valence-electron chi connectivity index (χ3n) is 3.27. The Hall–Kier alpha value is -0.950. The van der Waals surface area contributed by atoms with E-state index in [4.69, 9.17) is 15.9 Å². The Bertz CT molecular complexity index is 495. The van der Waals surface area contributed by atoms with Gasteiger partial charge in [-0.05, 0) is 29.5 Å². The molecule has 0 bridgehead atoms. The van der Waals surface area contributed by atoms with Gasteiger partial charge in [0.05, 0.1) is 4.90 Å². The number of hydrogen-bond acceptors (Lipinski definition) is 4. The number of benzene rings is 1. The normalized spacial score (nSPS) is 14.5. The predicted octanol–water partition coefficient (Wildman–Crippen LogP) is 1.70. The Labute approximate surface area is 108 Å². The molecule has 0 spiro atoms. The van der Waals surface area contributed by atoms with Crippen molar-refractivity contribution in [1.82, 2.24) is 0 Å². The van der Waals surface area contributed by atoms with Crippen LogP contribution in [0.25, 0.3) is 0 Å². The molecule has 6 heteroatoms. The monoisotopic (exact) mass is 272 g/mol. The molecule has 0 fully saturated rings. The molecule has 1 rings (SSSR count). The molecule has 0 aliphatic rings. The van der Waals surface area contributed by atoms with E-state index in [0.29, 0.717) is 0 Å². The van der Waals surface area contributed by atoms with E-state index in [9.17, 15) is 8.42 Å². The average Bonchev–Trinajstić information content (AvgIpc) is 2.29. The molecule has 0 saturated carbocycles. The van der Waals surface area contributed by atoms with Crippen LogP contribution in [0, 0.1) is 5.41 Å². The minimum Gasteiger partial charge on any atom is -0.296 e. The molecule has 1 atom stereocenters. The van der Waals surface area contributed by atoms with Crippen LogP contribution < -0.4 is 11.0 Å².